The number of nitro benzene ring substituents is 1. The van der Waals surface area contributed by atoms with Crippen molar-refractivity contribution in [2.75, 3.05) is 0 Å². The van der Waals surface area contributed by atoms with Crippen molar-refractivity contribution in [2.24, 2.45) is 0 Å². The third-order valence-corrected chi connectivity index (χ3v) is 3.33. The van der Waals surface area contributed by atoms with Crippen LogP contribution < -0.4 is 0 Å². The van der Waals surface area contributed by atoms with E-state index in [4.69, 9.17) is 4.52 Å². The van der Waals surface area contributed by atoms with Gasteiger partial charge in [-0.2, -0.15) is 5.10 Å². The average Bonchev–Trinajstić information content (AvgIpc) is 2.97. The molecule has 0 spiro atoms. The molecule has 2 aromatic heterocycles. The number of non-ortho nitro benzene ring substituents is 1. The second-order valence-corrected chi connectivity index (χ2v) is 4.61. The van der Waals surface area contributed by atoms with Crippen molar-refractivity contribution in [3.63, 3.8) is 0 Å². The third kappa shape index (κ3) is 1.93. The summed E-state index contributed by atoms with van der Waals surface area (Å²) >= 11 is 0. The van der Waals surface area contributed by atoms with Gasteiger partial charge in [-0.25, -0.2) is 0 Å². The van der Waals surface area contributed by atoms with Crippen molar-refractivity contribution >= 4 is 16.6 Å². The molecule has 0 N–H and O–H groups in total. The molecule has 0 atom stereocenters. The van der Waals surface area contributed by atoms with Crippen molar-refractivity contribution in [1.82, 2.24) is 14.9 Å². The fourth-order valence-corrected chi connectivity index (χ4v) is 2.18. The first-order valence-corrected chi connectivity index (χ1v) is 6.08. The number of fused-ring (bicyclic) bond motifs is 1. The molecule has 0 bridgehead atoms. The topological polar surface area (TPSA) is 87.0 Å². The van der Waals surface area contributed by atoms with Gasteiger partial charge in [-0.1, -0.05) is 5.16 Å². The Labute approximate surface area is 113 Å². The summed E-state index contributed by atoms with van der Waals surface area (Å²) in [5.41, 5.74) is 2.52. The maximum atomic E-state index is 10.9. The van der Waals surface area contributed by atoms with E-state index in [0.29, 0.717) is 6.54 Å². The van der Waals surface area contributed by atoms with Crippen LogP contribution >= 0.6 is 0 Å². The lowest BCUT2D eigenvalue weighted by Gasteiger charge is -2.03. The van der Waals surface area contributed by atoms with E-state index in [1.165, 1.54) is 12.1 Å². The second-order valence-electron chi connectivity index (χ2n) is 4.61. The van der Waals surface area contributed by atoms with Gasteiger partial charge in [0.25, 0.3) is 5.69 Å². The van der Waals surface area contributed by atoms with Crippen LogP contribution in [0.3, 0.4) is 0 Å². The Morgan fingerprint density at radius 2 is 2.20 bits per heavy atom. The van der Waals surface area contributed by atoms with Gasteiger partial charge in [0.1, 0.15) is 5.76 Å². The van der Waals surface area contributed by atoms with Crippen molar-refractivity contribution in [3.05, 3.63) is 51.5 Å². The summed E-state index contributed by atoms with van der Waals surface area (Å²) < 4.78 is 6.84. The lowest BCUT2D eigenvalue weighted by atomic mass is 10.2. The Bertz CT molecular complexity index is 784. The Balaban J connectivity index is 2.08. The molecule has 7 nitrogen and oxygen atoms in total. The molecule has 20 heavy (non-hydrogen) atoms. The molecule has 0 radical (unpaired) electrons. The number of nitrogens with zero attached hydrogens (tertiary/aromatic N) is 4. The number of rotatable bonds is 3. The van der Waals surface area contributed by atoms with Crippen LogP contribution in [-0.4, -0.2) is 19.9 Å². The Kier molecular flexibility index (Phi) is 2.74. The quantitative estimate of drug-likeness (QED) is 0.540. The van der Waals surface area contributed by atoms with E-state index in [0.717, 1.165) is 27.9 Å². The maximum Gasteiger partial charge on any atom is 0.271 e. The van der Waals surface area contributed by atoms with E-state index < -0.39 is 4.92 Å². The van der Waals surface area contributed by atoms with E-state index in [1.807, 2.05) is 13.8 Å². The van der Waals surface area contributed by atoms with Crippen molar-refractivity contribution in [1.29, 1.82) is 0 Å². The molecule has 1 aromatic carbocycles. The summed E-state index contributed by atoms with van der Waals surface area (Å²) in [7, 11) is 0. The molecule has 3 aromatic rings. The predicted molar refractivity (Wildman–Crippen MR) is 71.5 cm³/mol. The molecular weight excluding hydrogens is 260 g/mol. The summed E-state index contributed by atoms with van der Waals surface area (Å²) in [6.45, 7) is 4.18. The van der Waals surface area contributed by atoms with Crippen LogP contribution in [0.15, 0.2) is 28.9 Å². The summed E-state index contributed by atoms with van der Waals surface area (Å²) in [6, 6.07) is 4.70. The normalized spacial score (nSPS) is 11.1. The van der Waals surface area contributed by atoms with Gasteiger partial charge in [-0.3, -0.25) is 14.8 Å². The predicted octanol–water partition coefficient (Wildman–Crippen LogP) is 2.60. The van der Waals surface area contributed by atoms with Crippen molar-refractivity contribution < 1.29 is 9.45 Å². The van der Waals surface area contributed by atoms with E-state index in [9.17, 15) is 10.1 Å². The molecule has 0 saturated carbocycles. The number of hydrogen-bond donors (Lipinski definition) is 0. The summed E-state index contributed by atoms with van der Waals surface area (Å²) in [4.78, 5) is 10.4. The fraction of sp³-hybridized carbons (Fsp3) is 0.231. The van der Waals surface area contributed by atoms with Gasteiger partial charge in [-0.15, -0.1) is 0 Å². The molecule has 0 amide bonds. The first-order chi connectivity index (χ1) is 9.56. The maximum absolute atomic E-state index is 10.9. The monoisotopic (exact) mass is 272 g/mol. The van der Waals surface area contributed by atoms with E-state index >= 15 is 0 Å². The third-order valence-electron chi connectivity index (χ3n) is 3.33. The summed E-state index contributed by atoms with van der Waals surface area (Å²) in [5.74, 6) is 0.733. The molecule has 7 heteroatoms. The van der Waals surface area contributed by atoms with Crippen LogP contribution in [0.2, 0.25) is 0 Å². The van der Waals surface area contributed by atoms with Gasteiger partial charge in [0.15, 0.2) is 0 Å². The van der Waals surface area contributed by atoms with Crippen LogP contribution in [0.4, 0.5) is 5.69 Å². The molecule has 3 rings (SSSR count). The van der Waals surface area contributed by atoms with Crippen LogP contribution in [0.1, 0.15) is 17.0 Å². The Morgan fingerprint density at radius 1 is 1.40 bits per heavy atom. The second kappa shape index (κ2) is 4.44. The highest BCUT2D eigenvalue weighted by molar-refractivity contribution is 5.81. The average molecular weight is 272 g/mol. The number of hydrogen-bond acceptors (Lipinski definition) is 5. The summed E-state index contributed by atoms with van der Waals surface area (Å²) in [5, 5.41) is 19.9. The lowest BCUT2D eigenvalue weighted by molar-refractivity contribution is -0.384. The molecule has 0 fully saturated rings. The molecule has 0 aliphatic rings. The first kappa shape index (κ1) is 12.3. The standard InChI is InChI=1S/C13H12N4O3/c1-8-12(9(2)20-15-8)7-16-13-5-11(17(18)19)4-3-10(13)6-14-16/h3-6H,7H2,1-2H3. The zero-order valence-corrected chi connectivity index (χ0v) is 11.0. The zero-order valence-electron chi connectivity index (χ0n) is 11.0. The minimum Gasteiger partial charge on any atom is -0.361 e. The molecule has 0 saturated heterocycles. The van der Waals surface area contributed by atoms with Gasteiger partial charge >= 0.3 is 0 Å². The minimum absolute atomic E-state index is 0.0537. The van der Waals surface area contributed by atoms with Crippen molar-refractivity contribution in [3.8, 4) is 0 Å². The van der Waals surface area contributed by atoms with Crippen molar-refractivity contribution in [2.45, 2.75) is 20.4 Å². The molecule has 2 heterocycles. The van der Waals surface area contributed by atoms with E-state index in [2.05, 4.69) is 10.3 Å². The van der Waals surface area contributed by atoms with Gasteiger partial charge in [0.05, 0.1) is 28.9 Å². The molecule has 0 aliphatic heterocycles. The SMILES string of the molecule is Cc1noc(C)c1Cn1ncc2ccc([N+](=O)[O-])cc21. The number of aromatic nitrogens is 3. The molecule has 102 valence electrons. The van der Waals surface area contributed by atoms with Crippen LogP contribution in [0.5, 0.6) is 0 Å². The first-order valence-electron chi connectivity index (χ1n) is 6.08. The fourth-order valence-electron chi connectivity index (χ4n) is 2.18. The van der Waals surface area contributed by atoms with Crippen LogP contribution in [0, 0.1) is 24.0 Å². The lowest BCUT2D eigenvalue weighted by Crippen LogP contribution is -2.03. The summed E-state index contributed by atoms with van der Waals surface area (Å²) in [6.07, 6.45) is 1.69. The molecule has 0 unspecified atom stereocenters. The van der Waals surface area contributed by atoms with E-state index in [-0.39, 0.29) is 5.69 Å². The highest BCUT2D eigenvalue weighted by atomic mass is 16.6. The smallest absolute Gasteiger partial charge is 0.271 e. The Morgan fingerprint density at radius 3 is 2.85 bits per heavy atom. The number of aryl methyl sites for hydroxylation is 2. The molecule has 0 aliphatic carbocycles. The Hall–Kier alpha value is -2.70. The minimum atomic E-state index is -0.410. The van der Waals surface area contributed by atoms with Gasteiger partial charge < -0.3 is 4.52 Å². The number of nitro groups is 1. The highest BCUT2D eigenvalue weighted by Crippen LogP contribution is 2.22. The van der Waals surface area contributed by atoms with Gasteiger partial charge in [0.2, 0.25) is 0 Å². The van der Waals surface area contributed by atoms with Gasteiger partial charge in [0, 0.05) is 23.1 Å². The highest BCUT2D eigenvalue weighted by Gasteiger charge is 2.14. The molecular formula is C13H12N4O3. The largest absolute Gasteiger partial charge is 0.361 e. The number of benzene rings is 1. The van der Waals surface area contributed by atoms with Crippen LogP contribution in [-0.2, 0) is 6.54 Å². The van der Waals surface area contributed by atoms with Gasteiger partial charge in [-0.05, 0) is 19.9 Å². The van der Waals surface area contributed by atoms with Crippen LogP contribution in [0.25, 0.3) is 10.9 Å². The zero-order chi connectivity index (χ0) is 14.3. The van der Waals surface area contributed by atoms with E-state index in [1.54, 1.807) is 16.9 Å².